The van der Waals surface area contributed by atoms with Crippen LogP contribution in [0, 0.1) is 5.92 Å². The van der Waals surface area contributed by atoms with Crippen molar-refractivity contribution in [2.45, 2.75) is 19.9 Å². The molecule has 3 aromatic carbocycles. The molecule has 1 atom stereocenters. The van der Waals surface area contributed by atoms with Gasteiger partial charge < -0.3 is 9.55 Å². The van der Waals surface area contributed by atoms with Gasteiger partial charge in [-0.1, -0.05) is 43.3 Å². The predicted octanol–water partition coefficient (Wildman–Crippen LogP) is 4.50. The minimum atomic E-state index is -0.304. The highest BCUT2D eigenvalue weighted by Crippen LogP contribution is 2.45. The number of carbonyl (C=O) groups excluding carboxylic acids is 2. The molecular formula is C24H17N3O2. The van der Waals surface area contributed by atoms with Crippen molar-refractivity contribution in [1.29, 1.82) is 0 Å². The minimum absolute atomic E-state index is 0.293. The molecule has 5 nitrogen and oxygen atoms in total. The number of hydrogen-bond acceptors (Lipinski definition) is 2. The molecule has 7 rings (SSSR count). The second-order valence-electron chi connectivity index (χ2n) is 8.41. The number of para-hydroxylation sites is 2. The highest BCUT2D eigenvalue weighted by atomic mass is 16.2. The highest BCUT2D eigenvalue weighted by Gasteiger charge is 2.36. The quantitative estimate of drug-likeness (QED) is 0.389. The molecule has 140 valence electrons. The molecule has 29 heavy (non-hydrogen) atoms. The van der Waals surface area contributed by atoms with Crippen LogP contribution < -0.4 is 5.32 Å². The summed E-state index contributed by atoms with van der Waals surface area (Å²) in [5.41, 5.74) is 6.49. The normalized spacial score (nSPS) is 18.3. The number of carbonyl (C=O) groups is 2. The molecule has 2 aliphatic heterocycles. The van der Waals surface area contributed by atoms with Crippen LogP contribution in [0.15, 0.2) is 42.5 Å². The fourth-order valence-corrected chi connectivity index (χ4v) is 5.61. The van der Waals surface area contributed by atoms with Gasteiger partial charge in [-0.25, -0.2) is 0 Å². The fraction of sp³-hybridized carbons (Fsp3) is 0.167. The van der Waals surface area contributed by atoms with Gasteiger partial charge in [0.05, 0.1) is 27.7 Å². The zero-order chi connectivity index (χ0) is 19.4. The lowest BCUT2D eigenvalue weighted by atomic mass is 9.95. The van der Waals surface area contributed by atoms with E-state index in [0.717, 1.165) is 51.1 Å². The lowest BCUT2D eigenvalue weighted by molar-refractivity contribution is 0.0880. The van der Waals surface area contributed by atoms with Gasteiger partial charge in [0.25, 0.3) is 11.8 Å². The molecule has 0 radical (unpaired) electrons. The average molecular weight is 379 g/mol. The van der Waals surface area contributed by atoms with Gasteiger partial charge in [-0.05, 0) is 24.0 Å². The van der Waals surface area contributed by atoms with Gasteiger partial charge in [-0.2, -0.15) is 0 Å². The molecule has 0 spiro atoms. The van der Waals surface area contributed by atoms with Gasteiger partial charge in [0.1, 0.15) is 0 Å². The summed E-state index contributed by atoms with van der Waals surface area (Å²) in [5.74, 6) is -0.0901. The monoisotopic (exact) mass is 379 g/mol. The summed E-state index contributed by atoms with van der Waals surface area (Å²) >= 11 is 0. The SMILES string of the molecule is CC1Cc2cccc3c4c5c(c6c7ccccc7[nH]c6c4n(c23)C1)C(=O)NC5=O. The number of H-pyrrole nitrogens is 1. The number of amides is 2. The number of rotatable bonds is 0. The fourth-order valence-electron chi connectivity index (χ4n) is 5.61. The number of imide groups is 1. The van der Waals surface area contributed by atoms with E-state index in [9.17, 15) is 9.59 Å². The van der Waals surface area contributed by atoms with E-state index < -0.39 is 0 Å². The predicted molar refractivity (Wildman–Crippen MR) is 113 cm³/mol. The summed E-state index contributed by atoms with van der Waals surface area (Å²) in [4.78, 5) is 29.4. The number of nitrogens with zero attached hydrogens (tertiary/aromatic N) is 1. The van der Waals surface area contributed by atoms with Gasteiger partial charge >= 0.3 is 0 Å². The molecule has 0 aliphatic carbocycles. The third kappa shape index (κ3) is 1.68. The molecule has 5 aromatic rings. The van der Waals surface area contributed by atoms with Crippen molar-refractivity contribution in [2.24, 2.45) is 5.92 Å². The number of fused-ring (bicyclic) bond motifs is 10. The van der Waals surface area contributed by atoms with Crippen molar-refractivity contribution in [2.75, 3.05) is 0 Å². The molecule has 1 unspecified atom stereocenters. The summed E-state index contributed by atoms with van der Waals surface area (Å²) in [7, 11) is 0. The topological polar surface area (TPSA) is 66.9 Å². The Morgan fingerprint density at radius 1 is 0.897 bits per heavy atom. The van der Waals surface area contributed by atoms with Crippen LogP contribution in [0.2, 0.25) is 0 Å². The Labute approximate surface area is 165 Å². The van der Waals surface area contributed by atoms with Crippen LogP contribution in [0.25, 0.3) is 43.6 Å². The van der Waals surface area contributed by atoms with Crippen LogP contribution in [-0.4, -0.2) is 21.4 Å². The van der Waals surface area contributed by atoms with Crippen molar-refractivity contribution in [3.63, 3.8) is 0 Å². The third-order valence-electron chi connectivity index (χ3n) is 6.60. The molecule has 4 heterocycles. The number of benzene rings is 3. The van der Waals surface area contributed by atoms with Crippen molar-refractivity contribution >= 4 is 55.4 Å². The molecule has 5 heteroatoms. The van der Waals surface area contributed by atoms with Gasteiger partial charge in [0, 0.05) is 33.6 Å². The van der Waals surface area contributed by atoms with E-state index in [0.29, 0.717) is 17.0 Å². The zero-order valence-corrected chi connectivity index (χ0v) is 15.8. The maximum absolute atomic E-state index is 12.9. The Bertz CT molecular complexity index is 1580. The Kier molecular flexibility index (Phi) is 2.57. The van der Waals surface area contributed by atoms with E-state index in [-0.39, 0.29) is 11.8 Å². The first-order valence-electron chi connectivity index (χ1n) is 9.99. The average Bonchev–Trinajstić information content (AvgIpc) is 3.33. The lowest BCUT2D eigenvalue weighted by Crippen LogP contribution is -2.20. The van der Waals surface area contributed by atoms with E-state index in [1.807, 2.05) is 24.3 Å². The first-order chi connectivity index (χ1) is 14.1. The molecule has 0 saturated heterocycles. The summed E-state index contributed by atoms with van der Waals surface area (Å²) < 4.78 is 2.36. The summed E-state index contributed by atoms with van der Waals surface area (Å²) in [5, 5.41) is 6.34. The summed E-state index contributed by atoms with van der Waals surface area (Å²) in [6.07, 6.45) is 1.02. The molecule has 0 saturated carbocycles. The Morgan fingerprint density at radius 3 is 2.52 bits per heavy atom. The molecule has 0 bridgehead atoms. The zero-order valence-electron chi connectivity index (χ0n) is 15.8. The molecule has 2 aromatic heterocycles. The van der Waals surface area contributed by atoms with Crippen LogP contribution in [-0.2, 0) is 13.0 Å². The second kappa shape index (κ2) is 4.87. The molecular weight excluding hydrogens is 362 g/mol. The van der Waals surface area contributed by atoms with Crippen LogP contribution in [0.3, 0.4) is 0 Å². The molecule has 2 N–H and O–H groups in total. The first kappa shape index (κ1) is 15.3. The molecule has 0 fully saturated rings. The maximum Gasteiger partial charge on any atom is 0.259 e. The number of hydrogen-bond donors (Lipinski definition) is 2. The largest absolute Gasteiger partial charge is 0.353 e. The number of nitrogens with one attached hydrogen (secondary N) is 2. The van der Waals surface area contributed by atoms with E-state index >= 15 is 0 Å². The van der Waals surface area contributed by atoms with E-state index in [1.54, 1.807) is 0 Å². The lowest BCUT2D eigenvalue weighted by Gasteiger charge is -2.22. The van der Waals surface area contributed by atoms with Crippen LogP contribution in [0.1, 0.15) is 33.2 Å². The van der Waals surface area contributed by atoms with E-state index in [2.05, 4.69) is 40.0 Å². The molecule has 2 aliphatic rings. The Balaban J connectivity index is 1.88. The van der Waals surface area contributed by atoms with Crippen LogP contribution in [0.4, 0.5) is 0 Å². The van der Waals surface area contributed by atoms with E-state index in [4.69, 9.17) is 0 Å². The highest BCUT2D eigenvalue weighted by molar-refractivity contribution is 6.39. The first-order valence-corrected chi connectivity index (χ1v) is 9.99. The van der Waals surface area contributed by atoms with Crippen LogP contribution >= 0.6 is 0 Å². The van der Waals surface area contributed by atoms with Crippen LogP contribution in [0.5, 0.6) is 0 Å². The molecule has 2 amide bonds. The Hall–Kier alpha value is -3.60. The number of aromatic nitrogens is 2. The van der Waals surface area contributed by atoms with Gasteiger partial charge in [-0.3, -0.25) is 14.9 Å². The van der Waals surface area contributed by atoms with E-state index in [1.165, 1.54) is 11.1 Å². The van der Waals surface area contributed by atoms with Crippen molar-refractivity contribution in [1.82, 2.24) is 14.9 Å². The maximum atomic E-state index is 12.9. The van der Waals surface area contributed by atoms with Crippen molar-refractivity contribution in [3.8, 4) is 0 Å². The van der Waals surface area contributed by atoms with Crippen molar-refractivity contribution in [3.05, 3.63) is 59.2 Å². The van der Waals surface area contributed by atoms with Gasteiger partial charge in [-0.15, -0.1) is 0 Å². The third-order valence-corrected chi connectivity index (χ3v) is 6.60. The Morgan fingerprint density at radius 2 is 1.66 bits per heavy atom. The summed E-state index contributed by atoms with van der Waals surface area (Å²) in [6, 6.07) is 14.3. The number of aromatic amines is 1. The standard InChI is InChI=1S/C24H17N3O2/c1-11-9-12-5-4-7-14-17-19-18(23(28)26-24(19)29)16-13-6-2-3-8-15(13)25-20(16)22(17)27(10-11)21(12)14/h2-8,11,25H,9-10H2,1H3,(H,26,28,29). The van der Waals surface area contributed by atoms with Gasteiger partial charge in [0.15, 0.2) is 0 Å². The van der Waals surface area contributed by atoms with Crippen molar-refractivity contribution < 1.29 is 9.59 Å². The summed E-state index contributed by atoms with van der Waals surface area (Å²) in [6.45, 7) is 3.16. The second-order valence-corrected chi connectivity index (χ2v) is 8.41. The van der Waals surface area contributed by atoms with Gasteiger partial charge in [0.2, 0.25) is 0 Å². The smallest absolute Gasteiger partial charge is 0.259 e. The minimum Gasteiger partial charge on any atom is -0.353 e.